The topological polar surface area (TPSA) is 40.5 Å². The molecule has 0 radical (unpaired) electrons. The van der Waals surface area contributed by atoms with Gasteiger partial charge in [0.05, 0.1) is 0 Å². The smallest absolute Gasteiger partial charge is 0.303 e. The lowest BCUT2D eigenvalue weighted by Gasteiger charge is -2.19. The molecule has 1 N–H and O–H groups in total. The van der Waals surface area contributed by atoms with Crippen molar-refractivity contribution in [2.75, 3.05) is 20.1 Å². The van der Waals surface area contributed by atoms with Crippen molar-refractivity contribution in [3.05, 3.63) is 29.8 Å². The third-order valence-corrected chi connectivity index (χ3v) is 4.46. The van der Waals surface area contributed by atoms with E-state index >= 15 is 0 Å². The highest BCUT2D eigenvalue weighted by Gasteiger charge is 2.22. The first-order valence-electron chi connectivity index (χ1n) is 6.30. The second-order valence-electron chi connectivity index (χ2n) is 4.81. The largest absolute Gasteiger partial charge is 0.481 e. The maximum absolute atomic E-state index is 10.5. The van der Waals surface area contributed by atoms with Crippen LogP contribution in [0.4, 0.5) is 0 Å². The molecule has 0 amide bonds. The average Bonchev–Trinajstić information content (AvgIpc) is 2.70. The van der Waals surface area contributed by atoms with Gasteiger partial charge in [-0.25, -0.2) is 0 Å². The lowest BCUT2D eigenvalue weighted by Crippen LogP contribution is -2.28. The summed E-state index contributed by atoms with van der Waals surface area (Å²) in [7, 11) is 2.07. The molecule has 4 heteroatoms. The minimum atomic E-state index is -0.703. The molecule has 1 aromatic rings. The second kappa shape index (κ2) is 6.25. The van der Waals surface area contributed by atoms with Crippen LogP contribution in [0.1, 0.15) is 18.4 Å². The van der Waals surface area contributed by atoms with Crippen molar-refractivity contribution in [3.8, 4) is 0 Å². The molecule has 0 saturated heterocycles. The van der Waals surface area contributed by atoms with Gasteiger partial charge in [-0.1, -0.05) is 18.2 Å². The molecule has 0 spiro atoms. The molecule has 0 bridgehead atoms. The van der Waals surface area contributed by atoms with Gasteiger partial charge in [0.15, 0.2) is 0 Å². The number of carboxylic acid groups (broad SMARTS) is 1. The molecule has 3 nitrogen and oxygen atoms in total. The third kappa shape index (κ3) is 3.75. The Morgan fingerprint density at radius 3 is 3.00 bits per heavy atom. The van der Waals surface area contributed by atoms with E-state index in [1.54, 1.807) is 0 Å². The highest BCUT2D eigenvalue weighted by atomic mass is 32.2. The maximum atomic E-state index is 10.5. The molecule has 1 unspecified atom stereocenters. The molecule has 0 aliphatic carbocycles. The van der Waals surface area contributed by atoms with Crippen LogP contribution in [0.2, 0.25) is 0 Å². The van der Waals surface area contributed by atoms with E-state index in [0.717, 1.165) is 25.9 Å². The van der Waals surface area contributed by atoms with Gasteiger partial charge in [0.1, 0.15) is 0 Å². The van der Waals surface area contributed by atoms with Gasteiger partial charge in [-0.3, -0.25) is 4.79 Å². The Labute approximate surface area is 112 Å². The van der Waals surface area contributed by atoms with Crippen molar-refractivity contribution in [1.29, 1.82) is 0 Å². The summed E-state index contributed by atoms with van der Waals surface area (Å²) in [6.45, 7) is 1.89. The molecule has 1 aliphatic rings. The predicted molar refractivity (Wildman–Crippen MR) is 74.2 cm³/mol. The van der Waals surface area contributed by atoms with E-state index in [4.69, 9.17) is 5.11 Å². The quantitative estimate of drug-likeness (QED) is 0.858. The summed E-state index contributed by atoms with van der Waals surface area (Å²) < 4.78 is 0. The molecule has 98 valence electrons. The van der Waals surface area contributed by atoms with Crippen LogP contribution in [0.25, 0.3) is 0 Å². The highest BCUT2D eigenvalue weighted by Crippen LogP contribution is 2.36. The van der Waals surface area contributed by atoms with E-state index in [9.17, 15) is 4.79 Å². The summed E-state index contributed by atoms with van der Waals surface area (Å²) in [6, 6.07) is 8.57. The molecular weight excluding hydrogens is 246 g/mol. The molecular formula is C14H19NO2S. The van der Waals surface area contributed by atoms with Gasteiger partial charge >= 0.3 is 5.97 Å². The Hall–Kier alpha value is -1.00. The number of nitrogens with zero attached hydrogens (tertiary/aromatic N) is 1. The van der Waals surface area contributed by atoms with Crippen LogP contribution in [0.15, 0.2) is 29.2 Å². The Kier molecular flexibility index (Phi) is 4.66. The Morgan fingerprint density at radius 1 is 1.50 bits per heavy atom. The molecule has 1 aliphatic heterocycles. The van der Waals surface area contributed by atoms with E-state index in [1.807, 2.05) is 11.8 Å². The molecule has 0 aromatic heterocycles. The van der Waals surface area contributed by atoms with Gasteiger partial charge < -0.3 is 10.0 Å². The molecule has 18 heavy (non-hydrogen) atoms. The molecule has 0 saturated carbocycles. The minimum absolute atomic E-state index is 0.266. The van der Waals surface area contributed by atoms with E-state index < -0.39 is 5.97 Å². The highest BCUT2D eigenvalue weighted by molar-refractivity contribution is 8.00. The molecule has 1 aromatic carbocycles. The fourth-order valence-corrected chi connectivity index (χ4v) is 3.71. The van der Waals surface area contributed by atoms with Gasteiger partial charge in [-0.05, 0) is 38.1 Å². The van der Waals surface area contributed by atoms with Gasteiger partial charge in [0.25, 0.3) is 0 Å². The SMILES string of the molecule is CN(CCCC(=O)O)CC1Cc2ccccc2S1. The predicted octanol–water partition coefficient (Wildman–Crippen LogP) is 2.50. The van der Waals surface area contributed by atoms with Crippen LogP contribution < -0.4 is 0 Å². The molecule has 0 fully saturated rings. The standard InChI is InChI=1S/C14H19NO2S/c1-15(8-4-7-14(16)17)10-12-9-11-5-2-3-6-13(11)18-12/h2-3,5-6,12H,4,7-10H2,1H3,(H,16,17). The number of fused-ring (bicyclic) bond motifs is 1. The van der Waals surface area contributed by atoms with Crippen molar-refractivity contribution in [3.63, 3.8) is 0 Å². The van der Waals surface area contributed by atoms with Gasteiger partial charge in [0, 0.05) is 23.1 Å². The minimum Gasteiger partial charge on any atom is -0.481 e. The first kappa shape index (κ1) is 13.4. The lowest BCUT2D eigenvalue weighted by atomic mass is 10.1. The summed E-state index contributed by atoms with van der Waals surface area (Å²) in [5.41, 5.74) is 1.45. The number of carbonyl (C=O) groups is 1. The lowest BCUT2D eigenvalue weighted by molar-refractivity contribution is -0.137. The summed E-state index contributed by atoms with van der Waals surface area (Å²) in [5.74, 6) is -0.703. The van der Waals surface area contributed by atoms with Crippen LogP contribution in [-0.2, 0) is 11.2 Å². The maximum Gasteiger partial charge on any atom is 0.303 e. The zero-order valence-corrected chi connectivity index (χ0v) is 11.4. The molecule has 1 heterocycles. The molecule has 2 rings (SSSR count). The van der Waals surface area contributed by atoms with Crippen molar-refractivity contribution >= 4 is 17.7 Å². The zero-order valence-electron chi connectivity index (χ0n) is 10.6. The fourth-order valence-electron chi connectivity index (χ4n) is 2.29. The van der Waals surface area contributed by atoms with Crippen molar-refractivity contribution in [2.45, 2.75) is 29.4 Å². The third-order valence-electron chi connectivity index (χ3n) is 3.16. The molecule has 1 atom stereocenters. The fraction of sp³-hybridized carbons (Fsp3) is 0.500. The number of hydrogen-bond acceptors (Lipinski definition) is 3. The first-order valence-corrected chi connectivity index (χ1v) is 7.18. The van der Waals surface area contributed by atoms with E-state index in [-0.39, 0.29) is 6.42 Å². The number of carboxylic acids is 1. The van der Waals surface area contributed by atoms with Crippen LogP contribution in [0.5, 0.6) is 0 Å². The zero-order chi connectivity index (χ0) is 13.0. The summed E-state index contributed by atoms with van der Waals surface area (Å²) in [5, 5.41) is 9.21. The summed E-state index contributed by atoms with van der Waals surface area (Å²) in [6.07, 6.45) is 2.13. The summed E-state index contributed by atoms with van der Waals surface area (Å²) >= 11 is 1.95. The van der Waals surface area contributed by atoms with E-state index in [1.165, 1.54) is 10.5 Å². The number of hydrogen-bond donors (Lipinski definition) is 1. The van der Waals surface area contributed by atoms with Crippen LogP contribution in [-0.4, -0.2) is 41.4 Å². The van der Waals surface area contributed by atoms with E-state index in [2.05, 4.69) is 36.2 Å². The van der Waals surface area contributed by atoms with Crippen molar-refractivity contribution < 1.29 is 9.90 Å². The Morgan fingerprint density at radius 2 is 2.28 bits per heavy atom. The van der Waals surface area contributed by atoms with Gasteiger partial charge in [-0.15, -0.1) is 11.8 Å². The Bertz CT molecular complexity index is 397. The first-order chi connectivity index (χ1) is 8.65. The van der Waals surface area contributed by atoms with Crippen LogP contribution >= 0.6 is 11.8 Å². The van der Waals surface area contributed by atoms with Crippen molar-refractivity contribution in [1.82, 2.24) is 4.90 Å². The summed E-state index contributed by atoms with van der Waals surface area (Å²) in [4.78, 5) is 14.1. The number of benzene rings is 1. The second-order valence-corrected chi connectivity index (χ2v) is 6.15. The van der Waals surface area contributed by atoms with Gasteiger partial charge in [0.2, 0.25) is 0 Å². The normalized spacial score (nSPS) is 18.0. The van der Waals surface area contributed by atoms with Crippen LogP contribution in [0.3, 0.4) is 0 Å². The van der Waals surface area contributed by atoms with Gasteiger partial charge in [-0.2, -0.15) is 0 Å². The average molecular weight is 265 g/mol. The van der Waals surface area contributed by atoms with Crippen molar-refractivity contribution in [2.24, 2.45) is 0 Å². The van der Waals surface area contributed by atoms with E-state index in [0.29, 0.717) is 5.25 Å². The number of rotatable bonds is 6. The Balaban J connectivity index is 1.74. The van der Waals surface area contributed by atoms with Crippen LogP contribution in [0, 0.1) is 0 Å². The number of aliphatic carboxylic acids is 1. The monoisotopic (exact) mass is 265 g/mol. The number of thioether (sulfide) groups is 1.